The summed E-state index contributed by atoms with van der Waals surface area (Å²) < 4.78 is 7.49. The van der Waals surface area contributed by atoms with E-state index in [4.69, 9.17) is 23.8 Å². The van der Waals surface area contributed by atoms with Gasteiger partial charge in [0, 0.05) is 24.1 Å². The third-order valence-electron chi connectivity index (χ3n) is 2.10. The van der Waals surface area contributed by atoms with Crippen molar-refractivity contribution in [3.05, 3.63) is 28.8 Å². The van der Waals surface area contributed by atoms with Crippen LogP contribution in [0.25, 0.3) is 0 Å². The van der Waals surface area contributed by atoms with Crippen LogP contribution >= 0.6 is 11.6 Å². The molecule has 0 saturated heterocycles. The van der Waals surface area contributed by atoms with E-state index in [0.29, 0.717) is 5.02 Å². The Labute approximate surface area is 99.4 Å². The zero-order valence-electron chi connectivity index (χ0n) is 9.66. The second-order valence-electron chi connectivity index (χ2n) is 3.42. The molecule has 0 saturated carbocycles. The number of carbonyl (C=O) groups is 2. The molecule has 0 aliphatic heterocycles. The predicted molar refractivity (Wildman–Crippen MR) is 61.6 cm³/mol. The van der Waals surface area contributed by atoms with E-state index >= 15 is 0 Å². The summed E-state index contributed by atoms with van der Waals surface area (Å²) in [6, 6.07) is 4.34. The molecule has 0 aromatic heterocycles. The molecule has 4 nitrogen and oxygen atoms in total. The Bertz CT molecular complexity index is 474. The second kappa shape index (κ2) is 4.99. The molecule has 86 valence electrons. The lowest BCUT2D eigenvalue weighted by atomic mass is 9.99. The summed E-state index contributed by atoms with van der Waals surface area (Å²) in [5.41, 5.74) is 5.98. The highest BCUT2D eigenvalue weighted by atomic mass is 35.5. The maximum atomic E-state index is 11.8. The fourth-order valence-electron chi connectivity index (χ4n) is 1.20. The van der Waals surface area contributed by atoms with Crippen LogP contribution in [0.3, 0.4) is 0 Å². The van der Waals surface area contributed by atoms with E-state index < -0.39 is 24.1 Å². The zero-order valence-corrected chi connectivity index (χ0v) is 9.41. The summed E-state index contributed by atoms with van der Waals surface area (Å²) in [5, 5.41) is 9.15. The predicted octanol–water partition coefficient (Wildman–Crippen LogP) is 2.22. The Morgan fingerprint density at radius 2 is 2.25 bits per heavy atom. The van der Waals surface area contributed by atoms with E-state index in [9.17, 15) is 9.59 Å². The number of aliphatic carboxylic acids is 1. The Balaban J connectivity index is 2.95. The van der Waals surface area contributed by atoms with Gasteiger partial charge in [-0.1, -0.05) is 18.5 Å². The number of hydrogen-bond acceptors (Lipinski definition) is 3. The van der Waals surface area contributed by atoms with Gasteiger partial charge >= 0.3 is 5.97 Å². The Morgan fingerprint density at radius 3 is 2.75 bits per heavy atom. The van der Waals surface area contributed by atoms with Crippen LogP contribution in [-0.4, -0.2) is 16.9 Å². The fraction of sp³-hybridized carbons (Fsp3) is 0.273. The number of anilines is 1. The first-order valence-electron chi connectivity index (χ1n) is 5.05. The van der Waals surface area contributed by atoms with Gasteiger partial charge in [0.15, 0.2) is 5.78 Å². The number of nitrogens with two attached hydrogens (primary N) is 1. The quantitative estimate of drug-likeness (QED) is 0.627. The van der Waals surface area contributed by atoms with Gasteiger partial charge < -0.3 is 10.8 Å². The maximum Gasteiger partial charge on any atom is 0.306 e. The molecule has 0 spiro atoms. The monoisotopic (exact) mass is 242 g/mol. The minimum atomic E-state index is -1.86. The van der Waals surface area contributed by atoms with E-state index in [1.54, 1.807) is 0 Å². The lowest BCUT2D eigenvalue weighted by molar-refractivity contribution is -0.141. The highest BCUT2D eigenvalue weighted by Gasteiger charge is 2.18. The number of halogens is 1. The van der Waals surface area contributed by atoms with Gasteiger partial charge in [-0.2, -0.15) is 0 Å². The van der Waals surface area contributed by atoms with Gasteiger partial charge in [-0.25, -0.2) is 0 Å². The first kappa shape index (κ1) is 11.0. The van der Waals surface area contributed by atoms with E-state index in [-0.39, 0.29) is 11.3 Å². The minimum absolute atomic E-state index is 0.184. The molecule has 3 N–H and O–H groups in total. The van der Waals surface area contributed by atoms with Crippen LogP contribution in [-0.2, 0) is 4.79 Å². The van der Waals surface area contributed by atoms with Crippen molar-refractivity contribution >= 4 is 29.0 Å². The molecule has 0 aliphatic carbocycles. The molecule has 1 rings (SSSR count). The highest BCUT2D eigenvalue weighted by molar-refractivity contribution is 6.31. The molecular weight excluding hydrogens is 230 g/mol. The van der Waals surface area contributed by atoms with Crippen LogP contribution in [0.15, 0.2) is 18.2 Å². The average Bonchev–Trinajstić information content (AvgIpc) is 2.15. The maximum absolute atomic E-state index is 11.8. The van der Waals surface area contributed by atoms with E-state index in [1.807, 2.05) is 0 Å². The van der Waals surface area contributed by atoms with Gasteiger partial charge in [0.2, 0.25) is 0 Å². The molecule has 0 bridgehead atoms. The molecule has 0 amide bonds. The number of benzene rings is 1. The van der Waals surface area contributed by atoms with Crippen molar-refractivity contribution in [3.8, 4) is 0 Å². The Kier molecular flexibility index (Phi) is 3.41. The fourth-order valence-corrected chi connectivity index (χ4v) is 1.38. The summed E-state index contributed by atoms with van der Waals surface area (Å²) in [4.78, 5) is 22.5. The summed E-state index contributed by atoms with van der Waals surface area (Å²) in [5.74, 6) is -3.69. The summed E-state index contributed by atoms with van der Waals surface area (Å²) in [7, 11) is 0. The van der Waals surface area contributed by atoms with Gasteiger partial charge in [0.25, 0.3) is 0 Å². The molecule has 0 radical (unpaired) electrons. The number of carbonyl (C=O) groups excluding carboxylic acids is 1. The van der Waals surface area contributed by atoms with Gasteiger partial charge in [-0.3, -0.25) is 9.59 Å². The lowest BCUT2D eigenvalue weighted by Crippen LogP contribution is -2.15. The highest BCUT2D eigenvalue weighted by Crippen LogP contribution is 2.20. The summed E-state index contributed by atoms with van der Waals surface area (Å²) >= 11 is 5.68. The standard InChI is InChI=1S/C11H12ClNO3/c1-6(11(15)16)4-10(14)8-3-2-7(12)5-9(8)13/h2-3,5-6H,4,13H2,1H3,(H,15,16)/i6D. The van der Waals surface area contributed by atoms with Crippen molar-refractivity contribution < 1.29 is 16.1 Å². The smallest absolute Gasteiger partial charge is 0.306 e. The number of hydrogen-bond donors (Lipinski definition) is 2. The normalized spacial score (nSPS) is 15.0. The summed E-state index contributed by atoms with van der Waals surface area (Å²) in [6.45, 7) is 1.17. The first-order chi connectivity index (χ1) is 7.74. The average molecular weight is 243 g/mol. The zero-order chi connectivity index (χ0) is 13.2. The molecule has 0 heterocycles. The first-order valence-corrected chi connectivity index (χ1v) is 4.93. The van der Waals surface area contributed by atoms with Crippen LogP contribution < -0.4 is 5.73 Å². The topological polar surface area (TPSA) is 80.4 Å². The largest absolute Gasteiger partial charge is 0.481 e. The van der Waals surface area contributed by atoms with Crippen LogP contribution in [0.2, 0.25) is 5.02 Å². The number of ketones is 1. The van der Waals surface area contributed by atoms with Crippen LogP contribution in [0.1, 0.15) is 25.1 Å². The van der Waals surface area contributed by atoms with Gasteiger partial charge in [0.1, 0.15) is 0 Å². The second-order valence-corrected chi connectivity index (χ2v) is 3.85. The van der Waals surface area contributed by atoms with Crippen molar-refractivity contribution in [1.82, 2.24) is 0 Å². The molecule has 0 fully saturated rings. The molecule has 1 aromatic rings. The summed E-state index contributed by atoms with van der Waals surface area (Å²) in [6.07, 6.45) is -0.436. The molecule has 1 atom stereocenters. The Hall–Kier alpha value is -1.55. The van der Waals surface area contributed by atoms with Crippen molar-refractivity contribution in [1.29, 1.82) is 0 Å². The Morgan fingerprint density at radius 1 is 1.62 bits per heavy atom. The third kappa shape index (κ3) is 2.97. The number of rotatable bonds is 4. The molecule has 16 heavy (non-hydrogen) atoms. The minimum Gasteiger partial charge on any atom is -0.481 e. The third-order valence-corrected chi connectivity index (χ3v) is 2.34. The van der Waals surface area contributed by atoms with Gasteiger partial charge in [0.05, 0.1) is 5.89 Å². The number of carboxylic acids is 1. The van der Waals surface area contributed by atoms with Crippen LogP contribution in [0.5, 0.6) is 0 Å². The van der Waals surface area contributed by atoms with Crippen molar-refractivity contribution in [2.75, 3.05) is 5.73 Å². The van der Waals surface area contributed by atoms with Gasteiger partial charge in [-0.15, -0.1) is 0 Å². The number of carboxylic acid groups (broad SMARTS) is 1. The molecule has 1 unspecified atom stereocenters. The van der Waals surface area contributed by atoms with Crippen LogP contribution in [0.4, 0.5) is 5.69 Å². The van der Waals surface area contributed by atoms with Crippen molar-refractivity contribution in [3.63, 3.8) is 0 Å². The number of nitrogen functional groups attached to an aromatic ring is 1. The molecule has 5 heteroatoms. The van der Waals surface area contributed by atoms with E-state index in [1.165, 1.54) is 25.1 Å². The SMILES string of the molecule is [2H]C(C)(CC(=O)c1ccc(Cl)cc1N)C(=O)O. The number of Topliss-reactive ketones (excluding diaryl/α,β-unsaturated/α-hetero) is 1. The van der Waals surface area contributed by atoms with Crippen molar-refractivity contribution in [2.45, 2.75) is 13.3 Å². The molecular formula is C11H12ClNO3. The van der Waals surface area contributed by atoms with E-state index in [2.05, 4.69) is 0 Å². The van der Waals surface area contributed by atoms with Crippen molar-refractivity contribution in [2.24, 2.45) is 5.89 Å². The molecule has 1 aromatic carbocycles. The van der Waals surface area contributed by atoms with Crippen LogP contribution in [0, 0.1) is 5.89 Å². The molecule has 0 aliphatic rings. The van der Waals surface area contributed by atoms with Gasteiger partial charge in [-0.05, 0) is 18.2 Å². The lowest BCUT2D eigenvalue weighted by Gasteiger charge is -2.07. The van der Waals surface area contributed by atoms with E-state index in [0.717, 1.165) is 0 Å².